The molecule has 118 valence electrons. The van der Waals surface area contributed by atoms with Crippen molar-refractivity contribution in [3.05, 3.63) is 0 Å². The highest BCUT2D eigenvalue weighted by molar-refractivity contribution is 5.80. The first kappa shape index (κ1) is 17.5. The average Bonchev–Trinajstić information content (AvgIpc) is 2.47. The van der Waals surface area contributed by atoms with E-state index in [1.165, 1.54) is 7.11 Å². The minimum absolute atomic E-state index is 0.0408. The summed E-state index contributed by atoms with van der Waals surface area (Å²) in [6, 6.07) is 0.0888. The molecule has 0 aromatic rings. The minimum atomic E-state index is -0.280. The van der Waals surface area contributed by atoms with Gasteiger partial charge in [-0.1, -0.05) is 5.92 Å². The van der Waals surface area contributed by atoms with Gasteiger partial charge in [0, 0.05) is 18.5 Å². The fourth-order valence-corrected chi connectivity index (χ4v) is 2.64. The molecule has 0 unspecified atom stereocenters. The SMILES string of the molecule is C#CCN1CCC(C(=O)N(CCC(=O)OC)C(C)C)CC1. The lowest BCUT2D eigenvalue weighted by atomic mass is 9.94. The van der Waals surface area contributed by atoms with Crippen molar-refractivity contribution in [1.82, 2.24) is 9.80 Å². The van der Waals surface area contributed by atoms with Crippen molar-refractivity contribution in [3.8, 4) is 12.3 Å². The van der Waals surface area contributed by atoms with E-state index in [1.54, 1.807) is 4.90 Å². The van der Waals surface area contributed by atoms with Crippen molar-refractivity contribution in [2.45, 2.75) is 39.2 Å². The highest BCUT2D eigenvalue weighted by atomic mass is 16.5. The van der Waals surface area contributed by atoms with Crippen LogP contribution in [0.5, 0.6) is 0 Å². The zero-order valence-corrected chi connectivity index (χ0v) is 13.3. The molecule has 0 bridgehead atoms. The molecular weight excluding hydrogens is 268 g/mol. The normalized spacial score (nSPS) is 16.5. The third-order valence-electron chi connectivity index (χ3n) is 3.94. The summed E-state index contributed by atoms with van der Waals surface area (Å²) in [5.74, 6) is 2.55. The number of carbonyl (C=O) groups excluding carboxylic acids is 2. The van der Waals surface area contributed by atoms with Crippen LogP contribution in [0.2, 0.25) is 0 Å². The molecule has 1 aliphatic rings. The van der Waals surface area contributed by atoms with Gasteiger partial charge in [0.05, 0.1) is 20.1 Å². The van der Waals surface area contributed by atoms with E-state index in [4.69, 9.17) is 6.42 Å². The molecule has 0 atom stereocenters. The fourth-order valence-electron chi connectivity index (χ4n) is 2.64. The number of nitrogens with zero attached hydrogens (tertiary/aromatic N) is 2. The molecule has 0 N–H and O–H groups in total. The first-order chi connectivity index (χ1) is 9.99. The van der Waals surface area contributed by atoms with Crippen molar-refractivity contribution < 1.29 is 14.3 Å². The molecule has 0 saturated carbocycles. The Kier molecular flexibility index (Phi) is 7.24. The molecule has 5 heteroatoms. The summed E-state index contributed by atoms with van der Waals surface area (Å²) >= 11 is 0. The van der Waals surface area contributed by atoms with Crippen molar-refractivity contribution in [3.63, 3.8) is 0 Å². The minimum Gasteiger partial charge on any atom is -0.469 e. The zero-order chi connectivity index (χ0) is 15.8. The third kappa shape index (κ3) is 5.39. The number of esters is 1. The van der Waals surface area contributed by atoms with Crippen LogP contribution in [0.25, 0.3) is 0 Å². The zero-order valence-electron chi connectivity index (χ0n) is 13.3. The number of amides is 1. The lowest BCUT2D eigenvalue weighted by molar-refractivity contribution is -0.143. The Bertz CT molecular complexity index is 393. The van der Waals surface area contributed by atoms with Gasteiger partial charge < -0.3 is 9.64 Å². The standard InChI is InChI=1S/C16H26N2O3/c1-5-9-17-10-6-14(7-11-17)16(20)18(13(2)3)12-8-15(19)21-4/h1,13-14H,6-12H2,2-4H3. The van der Waals surface area contributed by atoms with Crippen LogP contribution in [-0.2, 0) is 14.3 Å². The number of rotatable bonds is 6. The lowest BCUT2D eigenvalue weighted by Gasteiger charge is -2.35. The van der Waals surface area contributed by atoms with E-state index >= 15 is 0 Å². The van der Waals surface area contributed by atoms with Gasteiger partial charge in [0.1, 0.15) is 0 Å². The van der Waals surface area contributed by atoms with Crippen LogP contribution in [0, 0.1) is 18.3 Å². The van der Waals surface area contributed by atoms with Crippen molar-refractivity contribution in [2.75, 3.05) is 33.3 Å². The highest BCUT2D eigenvalue weighted by Gasteiger charge is 2.29. The molecule has 1 saturated heterocycles. The molecule has 0 aliphatic carbocycles. The molecule has 1 heterocycles. The Labute approximate surface area is 127 Å². The maximum atomic E-state index is 12.6. The van der Waals surface area contributed by atoms with E-state index in [0.29, 0.717) is 13.1 Å². The van der Waals surface area contributed by atoms with Crippen LogP contribution in [0.15, 0.2) is 0 Å². The van der Waals surface area contributed by atoms with Gasteiger partial charge in [0.25, 0.3) is 0 Å². The average molecular weight is 294 g/mol. The number of piperidine rings is 1. The number of methoxy groups -OCH3 is 1. The van der Waals surface area contributed by atoms with Gasteiger partial charge in [0.2, 0.25) is 5.91 Å². The maximum Gasteiger partial charge on any atom is 0.307 e. The summed E-state index contributed by atoms with van der Waals surface area (Å²) < 4.78 is 4.64. The summed E-state index contributed by atoms with van der Waals surface area (Å²) in [6.07, 6.45) is 7.23. The number of terminal acetylenes is 1. The van der Waals surface area contributed by atoms with E-state index in [9.17, 15) is 9.59 Å². The summed E-state index contributed by atoms with van der Waals surface area (Å²) in [4.78, 5) is 27.9. The van der Waals surface area contributed by atoms with E-state index < -0.39 is 0 Å². The van der Waals surface area contributed by atoms with Crippen LogP contribution in [0.1, 0.15) is 33.1 Å². The second kappa shape index (κ2) is 8.68. The molecule has 0 radical (unpaired) electrons. The first-order valence-electron chi connectivity index (χ1n) is 7.52. The van der Waals surface area contributed by atoms with Gasteiger partial charge in [-0.3, -0.25) is 14.5 Å². The van der Waals surface area contributed by atoms with Crippen molar-refractivity contribution in [2.24, 2.45) is 5.92 Å². The molecule has 0 spiro atoms. The predicted molar refractivity (Wildman–Crippen MR) is 81.5 cm³/mol. The van der Waals surface area contributed by atoms with Gasteiger partial charge >= 0.3 is 5.97 Å². The predicted octanol–water partition coefficient (Wildman–Crippen LogP) is 1.13. The summed E-state index contributed by atoms with van der Waals surface area (Å²) in [7, 11) is 1.37. The Morgan fingerprint density at radius 1 is 1.38 bits per heavy atom. The van der Waals surface area contributed by atoms with Crippen LogP contribution < -0.4 is 0 Å². The molecule has 5 nitrogen and oxygen atoms in total. The van der Waals surface area contributed by atoms with Gasteiger partial charge in [0.15, 0.2) is 0 Å². The number of hydrogen-bond acceptors (Lipinski definition) is 4. The summed E-state index contributed by atoms with van der Waals surface area (Å²) in [5.41, 5.74) is 0. The molecule has 1 rings (SSSR count). The molecule has 1 fully saturated rings. The van der Waals surface area contributed by atoms with Crippen molar-refractivity contribution in [1.29, 1.82) is 0 Å². The van der Waals surface area contributed by atoms with Crippen LogP contribution >= 0.6 is 0 Å². The Morgan fingerprint density at radius 3 is 2.48 bits per heavy atom. The van der Waals surface area contributed by atoms with Crippen LogP contribution in [-0.4, -0.2) is 61.0 Å². The number of likely N-dealkylation sites (tertiary alicyclic amines) is 1. The molecule has 1 amide bonds. The van der Waals surface area contributed by atoms with Gasteiger partial charge in [-0.2, -0.15) is 0 Å². The maximum absolute atomic E-state index is 12.6. The van der Waals surface area contributed by atoms with E-state index in [-0.39, 0.29) is 30.3 Å². The Morgan fingerprint density at radius 2 is 2.00 bits per heavy atom. The van der Waals surface area contributed by atoms with E-state index in [0.717, 1.165) is 25.9 Å². The molecule has 0 aromatic heterocycles. The summed E-state index contributed by atoms with van der Waals surface area (Å²) in [5, 5.41) is 0. The smallest absolute Gasteiger partial charge is 0.307 e. The lowest BCUT2D eigenvalue weighted by Crippen LogP contribution is -2.46. The van der Waals surface area contributed by atoms with E-state index in [1.807, 2.05) is 13.8 Å². The highest BCUT2D eigenvalue weighted by Crippen LogP contribution is 2.20. The fraction of sp³-hybridized carbons (Fsp3) is 0.750. The van der Waals surface area contributed by atoms with Crippen molar-refractivity contribution >= 4 is 11.9 Å². The Balaban J connectivity index is 2.53. The quantitative estimate of drug-likeness (QED) is 0.544. The molecular formula is C16H26N2O3. The first-order valence-corrected chi connectivity index (χ1v) is 7.52. The van der Waals surface area contributed by atoms with Gasteiger partial charge in [-0.15, -0.1) is 6.42 Å². The number of hydrogen-bond donors (Lipinski definition) is 0. The monoisotopic (exact) mass is 294 g/mol. The van der Waals surface area contributed by atoms with E-state index in [2.05, 4.69) is 15.6 Å². The topological polar surface area (TPSA) is 49.9 Å². The van der Waals surface area contributed by atoms with Crippen LogP contribution in [0.3, 0.4) is 0 Å². The number of ether oxygens (including phenoxy) is 1. The molecule has 1 aliphatic heterocycles. The second-order valence-electron chi connectivity index (χ2n) is 5.71. The second-order valence-corrected chi connectivity index (χ2v) is 5.71. The van der Waals surface area contributed by atoms with Gasteiger partial charge in [-0.05, 0) is 39.8 Å². The third-order valence-corrected chi connectivity index (χ3v) is 3.94. The van der Waals surface area contributed by atoms with Crippen LogP contribution in [0.4, 0.5) is 0 Å². The summed E-state index contributed by atoms with van der Waals surface area (Å²) in [6.45, 7) is 6.75. The molecule has 21 heavy (non-hydrogen) atoms. The number of carbonyl (C=O) groups is 2. The van der Waals surface area contributed by atoms with Gasteiger partial charge in [-0.25, -0.2) is 0 Å². The molecule has 0 aromatic carbocycles. The largest absolute Gasteiger partial charge is 0.469 e. The Hall–Kier alpha value is -1.54.